The number of nitrogens with zero attached hydrogens (tertiary/aromatic N) is 9. The number of imidazole rings is 1. The average Bonchev–Trinajstić information content (AvgIpc) is 3.84. The van der Waals surface area contributed by atoms with Crippen LogP contribution in [0.25, 0.3) is 11.2 Å². The van der Waals surface area contributed by atoms with E-state index < -0.39 is 29.7 Å². The summed E-state index contributed by atoms with van der Waals surface area (Å²) in [7, 11) is 0. The fourth-order valence-electron chi connectivity index (χ4n) is 10.1. The number of imide groups is 2. The number of halogens is 1. The van der Waals surface area contributed by atoms with Crippen molar-refractivity contribution in [1.29, 1.82) is 0 Å². The summed E-state index contributed by atoms with van der Waals surface area (Å²) in [6.07, 6.45) is 8.78. The zero-order valence-corrected chi connectivity index (χ0v) is 36.0. The molecule has 17 nitrogen and oxygen atoms in total. The lowest BCUT2D eigenvalue weighted by atomic mass is 9.86. The van der Waals surface area contributed by atoms with Crippen molar-refractivity contribution in [2.75, 3.05) is 62.6 Å². The van der Waals surface area contributed by atoms with Gasteiger partial charge in [0.15, 0.2) is 17.0 Å². The number of likely N-dealkylation sites (tertiary alicyclic amines) is 1. The van der Waals surface area contributed by atoms with Crippen molar-refractivity contribution >= 4 is 57.9 Å². The molecule has 5 aromatic rings. The van der Waals surface area contributed by atoms with Crippen molar-refractivity contribution < 1.29 is 28.4 Å². The molecule has 3 N–H and O–H groups in total. The largest absolute Gasteiger partial charge is 0.369 e. The number of amides is 5. The van der Waals surface area contributed by atoms with Gasteiger partial charge >= 0.3 is 0 Å². The van der Waals surface area contributed by atoms with Gasteiger partial charge in [0.2, 0.25) is 17.8 Å². The number of pyridine rings is 1. The number of piperazine rings is 1. The SMILES string of the molecule is O=C1CC[C@H](N2C(=O)c3cccc(CCCN4CCC(CN5CCN(c6ccc(Nc7ncnc8c7ncn8C7CC(NC(=O)c8cccc(F)n8)C7)cc6)CC5)CC4)c3C2=O)C(=O)N1. The Morgan fingerprint density at radius 2 is 1.62 bits per heavy atom. The molecule has 1 aliphatic carbocycles. The highest BCUT2D eigenvalue weighted by atomic mass is 19.1. The van der Waals surface area contributed by atoms with Crippen molar-refractivity contribution in [2.24, 2.45) is 5.92 Å². The molecule has 7 heterocycles. The third-order valence-corrected chi connectivity index (χ3v) is 13.7. The number of anilines is 3. The molecule has 5 aliphatic rings. The molecule has 18 heteroatoms. The topological polar surface area (TPSA) is 191 Å². The molecule has 3 aromatic heterocycles. The second-order valence-electron chi connectivity index (χ2n) is 17.8. The highest BCUT2D eigenvalue weighted by Gasteiger charge is 2.45. The van der Waals surface area contributed by atoms with Gasteiger partial charge in [0, 0.05) is 62.6 Å². The number of aromatic nitrogens is 5. The smallest absolute Gasteiger partial charge is 0.270 e. The molecule has 3 saturated heterocycles. The molecule has 1 saturated carbocycles. The number of rotatable bonds is 13. The summed E-state index contributed by atoms with van der Waals surface area (Å²) in [5.74, 6) is -1.67. The van der Waals surface area contributed by atoms with Gasteiger partial charge in [-0.3, -0.25) is 39.1 Å². The summed E-state index contributed by atoms with van der Waals surface area (Å²) in [4.78, 5) is 89.3. The van der Waals surface area contributed by atoms with E-state index in [4.69, 9.17) is 0 Å². The Kier molecular flexibility index (Phi) is 11.8. The van der Waals surface area contributed by atoms with Gasteiger partial charge in [-0.25, -0.2) is 19.9 Å². The summed E-state index contributed by atoms with van der Waals surface area (Å²) < 4.78 is 15.5. The molecule has 2 aromatic carbocycles. The minimum atomic E-state index is -0.960. The van der Waals surface area contributed by atoms with Gasteiger partial charge in [0.05, 0.1) is 17.5 Å². The maximum atomic E-state index is 13.5. The van der Waals surface area contributed by atoms with E-state index in [0.29, 0.717) is 47.6 Å². The number of piperidine rings is 2. The van der Waals surface area contributed by atoms with Crippen LogP contribution in [-0.2, 0) is 16.0 Å². The molecule has 1 atom stereocenters. The lowest BCUT2D eigenvalue weighted by Crippen LogP contribution is -2.54. The van der Waals surface area contributed by atoms with Crippen molar-refractivity contribution in [2.45, 2.75) is 69.5 Å². The predicted octanol–water partition coefficient (Wildman–Crippen LogP) is 4.11. The van der Waals surface area contributed by atoms with Crippen LogP contribution in [0.15, 0.2) is 73.3 Å². The third-order valence-electron chi connectivity index (χ3n) is 13.7. The summed E-state index contributed by atoms with van der Waals surface area (Å²) in [6, 6.07) is 17.1. The van der Waals surface area contributed by atoms with E-state index in [1.54, 1.807) is 18.5 Å². The van der Waals surface area contributed by atoms with Gasteiger partial charge < -0.3 is 25.0 Å². The minimum Gasteiger partial charge on any atom is -0.369 e. The Morgan fingerprint density at radius 3 is 2.38 bits per heavy atom. The predicted molar refractivity (Wildman–Crippen MR) is 238 cm³/mol. The van der Waals surface area contributed by atoms with Gasteiger partial charge in [0.25, 0.3) is 17.7 Å². The normalized spacial score (nSPS) is 22.0. The molecule has 336 valence electrons. The van der Waals surface area contributed by atoms with Gasteiger partial charge in [-0.2, -0.15) is 4.39 Å². The van der Waals surface area contributed by atoms with E-state index in [1.165, 1.54) is 30.2 Å². The molecule has 65 heavy (non-hydrogen) atoms. The summed E-state index contributed by atoms with van der Waals surface area (Å²) in [6.45, 7) is 8.07. The van der Waals surface area contributed by atoms with Crippen LogP contribution in [0.2, 0.25) is 0 Å². The number of hydrogen-bond donors (Lipinski definition) is 3. The summed E-state index contributed by atoms with van der Waals surface area (Å²) in [5, 5.41) is 8.63. The fourth-order valence-corrected chi connectivity index (χ4v) is 10.1. The summed E-state index contributed by atoms with van der Waals surface area (Å²) >= 11 is 0. The molecular formula is C47H51FN12O5. The van der Waals surface area contributed by atoms with Crippen molar-refractivity contribution in [3.8, 4) is 0 Å². The number of nitrogens with one attached hydrogen (secondary N) is 3. The number of carbonyl (C=O) groups excluding carboxylic acids is 5. The fraction of sp³-hybridized carbons (Fsp3) is 0.426. The van der Waals surface area contributed by atoms with Crippen LogP contribution in [-0.4, -0.2) is 133 Å². The number of aryl methyl sites for hydroxylation is 1. The average molecular weight is 883 g/mol. The summed E-state index contributed by atoms with van der Waals surface area (Å²) in [5.41, 5.74) is 5.10. The van der Waals surface area contributed by atoms with Crippen LogP contribution >= 0.6 is 0 Å². The quantitative estimate of drug-likeness (QED) is 0.113. The van der Waals surface area contributed by atoms with Crippen LogP contribution in [0.5, 0.6) is 0 Å². The molecule has 10 rings (SSSR count). The zero-order chi connectivity index (χ0) is 44.6. The Balaban J connectivity index is 0.647. The molecule has 4 aliphatic heterocycles. The Hall–Kier alpha value is -6.66. The van der Waals surface area contributed by atoms with Gasteiger partial charge in [0.1, 0.15) is 18.1 Å². The van der Waals surface area contributed by atoms with Crippen LogP contribution in [0.4, 0.5) is 21.6 Å². The Morgan fingerprint density at radius 1 is 0.831 bits per heavy atom. The Bertz CT molecular complexity index is 2640. The maximum Gasteiger partial charge on any atom is 0.270 e. The van der Waals surface area contributed by atoms with Crippen molar-refractivity contribution in [3.63, 3.8) is 0 Å². The third kappa shape index (κ3) is 8.79. The van der Waals surface area contributed by atoms with Gasteiger partial charge in [-0.1, -0.05) is 18.2 Å². The maximum absolute atomic E-state index is 13.5. The lowest BCUT2D eigenvalue weighted by Gasteiger charge is -2.39. The van der Waals surface area contributed by atoms with Crippen LogP contribution in [0, 0.1) is 11.9 Å². The standard InChI is InChI=1S/C47H51FN12O5/c48-38-8-2-7-36(54-38)44(62)53-32-24-34(25-32)59-28-51-41-42(49-27-50-43(41)59)52-31-9-11-33(12-10-31)58-22-20-57(21-23-58)26-29-15-18-56(19-16-29)17-3-5-30-4-1-6-35-40(30)47(65)60(46(35)64)37-13-14-39(61)55-45(37)63/h1-2,4,6-12,27-29,32,34,37H,3,5,13-26H2,(H,53,62)(H,49,50,52)(H,55,61,63)/t32?,34?,37-/m0/s1. The highest BCUT2D eigenvalue weighted by Crippen LogP contribution is 2.36. The lowest BCUT2D eigenvalue weighted by molar-refractivity contribution is -0.136. The molecular weight excluding hydrogens is 832 g/mol. The molecule has 5 amide bonds. The van der Waals surface area contributed by atoms with E-state index in [-0.39, 0.29) is 42.4 Å². The first-order chi connectivity index (χ1) is 31.6. The molecule has 0 bridgehead atoms. The number of carbonyl (C=O) groups is 5. The van der Waals surface area contributed by atoms with Crippen LogP contribution < -0.4 is 20.9 Å². The highest BCUT2D eigenvalue weighted by molar-refractivity contribution is 6.24. The van der Waals surface area contributed by atoms with E-state index in [2.05, 4.69) is 74.9 Å². The van der Waals surface area contributed by atoms with Crippen LogP contribution in [0.1, 0.15) is 87.8 Å². The van der Waals surface area contributed by atoms with Crippen LogP contribution in [0.3, 0.4) is 0 Å². The number of hydrogen-bond acceptors (Lipinski definition) is 13. The minimum absolute atomic E-state index is 0.0513. The first-order valence-corrected chi connectivity index (χ1v) is 22.7. The monoisotopic (exact) mass is 882 g/mol. The first-order valence-electron chi connectivity index (χ1n) is 22.7. The zero-order valence-electron chi connectivity index (χ0n) is 36.0. The molecule has 0 unspecified atom stereocenters. The molecule has 4 fully saturated rings. The molecule has 0 spiro atoms. The van der Waals surface area contributed by atoms with E-state index in [0.717, 1.165) is 93.4 Å². The van der Waals surface area contributed by atoms with Gasteiger partial charge in [-0.15, -0.1) is 0 Å². The number of benzene rings is 2. The number of fused-ring (bicyclic) bond motifs is 2. The Labute approximate surface area is 374 Å². The van der Waals surface area contributed by atoms with E-state index >= 15 is 0 Å². The van der Waals surface area contributed by atoms with E-state index in [1.807, 2.05) is 10.6 Å². The van der Waals surface area contributed by atoms with Gasteiger partial charge in [-0.05, 0) is 119 Å². The second-order valence-corrected chi connectivity index (χ2v) is 17.8. The van der Waals surface area contributed by atoms with Crippen molar-refractivity contribution in [1.82, 2.24) is 49.8 Å². The molecule has 0 radical (unpaired) electrons. The second kappa shape index (κ2) is 18.1. The van der Waals surface area contributed by atoms with E-state index in [9.17, 15) is 28.4 Å². The van der Waals surface area contributed by atoms with Crippen molar-refractivity contribution in [3.05, 3.63) is 102 Å². The first kappa shape index (κ1) is 42.3.